The Morgan fingerprint density at radius 3 is 2.92 bits per heavy atom. The molecule has 0 unspecified atom stereocenters. The lowest BCUT2D eigenvalue weighted by Gasteiger charge is -2.23. The van der Waals surface area contributed by atoms with Crippen LogP contribution >= 0.6 is 0 Å². The van der Waals surface area contributed by atoms with Gasteiger partial charge in [0, 0.05) is 19.5 Å². The molecule has 1 aliphatic heterocycles. The Labute approximate surface area is 71.2 Å². The Morgan fingerprint density at radius 1 is 1.33 bits per heavy atom. The number of aromatic nitrogens is 1. The van der Waals surface area contributed by atoms with Crippen molar-refractivity contribution in [1.82, 2.24) is 10.3 Å². The maximum Gasteiger partial charge on any atom is 0.200 e. The van der Waals surface area contributed by atoms with Crippen LogP contribution in [-0.2, 0) is 12.8 Å². The number of aryl methyl sites for hydroxylation is 2. The Balaban J connectivity index is 1.92. The summed E-state index contributed by atoms with van der Waals surface area (Å²) in [5.41, 5.74) is 1.22. The summed E-state index contributed by atoms with van der Waals surface area (Å²) in [4.78, 5) is 4.51. The van der Waals surface area contributed by atoms with Crippen molar-refractivity contribution >= 4 is 0 Å². The molecule has 0 atom stereocenters. The van der Waals surface area contributed by atoms with Gasteiger partial charge in [-0.15, -0.1) is 0 Å². The summed E-state index contributed by atoms with van der Waals surface area (Å²) in [6.45, 7) is 2.08. The van der Waals surface area contributed by atoms with Crippen LogP contribution in [0.5, 0.6) is 0 Å². The summed E-state index contributed by atoms with van der Waals surface area (Å²) in [6, 6.07) is 0. The van der Waals surface area contributed by atoms with Gasteiger partial charge < -0.3 is 9.73 Å². The maximum absolute atomic E-state index is 5.68. The molecular formula is C9H12N2O. The van der Waals surface area contributed by atoms with Crippen molar-refractivity contribution in [3.63, 3.8) is 0 Å². The summed E-state index contributed by atoms with van der Waals surface area (Å²) in [6.07, 6.45) is 3.45. The van der Waals surface area contributed by atoms with Crippen LogP contribution in [0, 0.1) is 0 Å². The highest BCUT2D eigenvalue weighted by molar-refractivity contribution is 5.17. The number of nitrogens with zero attached hydrogens (tertiary/aromatic N) is 1. The summed E-state index contributed by atoms with van der Waals surface area (Å²) >= 11 is 0. The standard InChI is InChI=1S/C9H12N2O/c1-2-7-8(3-1)12-9(11-7)6-4-10-5-6/h6,10H,1-5H2. The second-order valence-electron chi connectivity index (χ2n) is 3.63. The van der Waals surface area contributed by atoms with Gasteiger partial charge in [-0.3, -0.25) is 0 Å². The molecule has 0 radical (unpaired) electrons. The zero-order valence-electron chi connectivity index (χ0n) is 6.97. The van der Waals surface area contributed by atoms with E-state index < -0.39 is 0 Å². The molecule has 2 heterocycles. The predicted molar refractivity (Wildman–Crippen MR) is 44.1 cm³/mol. The largest absolute Gasteiger partial charge is 0.445 e. The lowest BCUT2D eigenvalue weighted by atomic mass is 10.0. The van der Waals surface area contributed by atoms with Gasteiger partial charge in [-0.1, -0.05) is 0 Å². The predicted octanol–water partition coefficient (Wildman–Crippen LogP) is 0.850. The number of nitrogens with one attached hydrogen (secondary N) is 1. The van der Waals surface area contributed by atoms with Crippen LogP contribution < -0.4 is 5.32 Å². The van der Waals surface area contributed by atoms with Crippen molar-refractivity contribution in [3.05, 3.63) is 17.3 Å². The fraction of sp³-hybridized carbons (Fsp3) is 0.667. The molecule has 1 fully saturated rings. The third-order valence-electron chi connectivity index (χ3n) is 2.74. The van der Waals surface area contributed by atoms with Gasteiger partial charge in [0.1, 0.15) is 5.76 Å². The molecular weight excluding hydrogens is 152 g/mol. The van der Waals surface area contributed by atoms with Gasteiger partial charge in [0.05, 0.1) is 11.6 Å². The second-order valence-corrected chi connectivity index (χ2v) is 3.63. The molecule has 2 aliphatic rings. The minimum Gasteiger partial charge on any atom is -0.445 e. The molecule has 12 heavy (non-hydrogen) atoms. The third kappa shape index (κ3) is 0.829. The van der Waals surface area contributed by atoms with Gasteiger partial charge in [0.25, 0.3) is 0 Å². The molecule has 0 spiro atoms. The van der Waals surface area contributed by atoms with Crippen LogP contribution in [-0.4, -0.2) is 18.1 Å². The minimum absolute atomic E-state index is 0.551. The number of hydrogen-bond donors (Lipinski definition) is 1. The lowest BCUT2D eigenvalue weighted by Crippen LogP contribution is -2.40. The maximum atomic E-state index is 5.68. The van der Waals surface area contributed by atoms with Crippen LogP contribution in [0.15, 0.2) is 4.42 Å². The first-order valence-corrected chi connectivity index (χ1v) is 4.62. The monoisotopic (exact) mass is 164 g/mol. The van der Waals surface area contributed by atoms with Crippen LogP contribution in [0.25, 0.3) is 0 Å². The lowest BCUT2D eigenvalue weighted by molar-refractivity contribution is 0.345. The quantitative estimate of drug-likeness (QED) is 0.668. The van der Waals surface area contributed by atoms with E-state index in [1.54, 1.807) is 0 Å². The van der Waals surface area contributed by atoms with Crippen LogP contribution in [0.2, 0.25) is 0 Å². The molecule has 64 valence electrons. The van der Waals surface area contributed by atoms with E-state index in [0.29, 0.717) is 5.92 Å². The molecule has 1 N–H and O–H groups in total. The Hall–Kier alpha value is -0.830. The van der Waals surface area contributed by atoms with Crippen LogP contribution in [0.4, 0.5) is 0 Å². The van der Waals surface area contributed by atoms with E-state index >= 15 is 0 Å². The first-order valence-electron chi connectivity index (χ1n) is 4.62. The van der Waals surface area contributed by atoms with Gasteiger partial charge in [0.15, 0.2) is 5.89 Å². The van der Waals surface area contributed by atoms with Crippen LogP contribution in [0.3, 0.4) is 0 Å². The summed E-state index contributed by atoms with van der Waals surface area (Å²) in [5, 5.41) is 3.22. The van der Waals surface area contributed by atoms with Gasteiger partial charge in [0.2, 0.25) is 0 Å². The van der Waals surface area contributed by atoms with Crippen molar-refractivity contribution in [2.45, 2.75) is 25.2 Å². The van der Waals surface area contributed by atoms with Gasteiger partial charge in [-0.25, -0.2) is 4.98 Å². The Morgan fingerprint density at radius 2 is 2.25 bits per heavy atom. The third-order valence-corrected chi connectivity index (χ3v) is 2.74. The number of hydrogen-bond acceptors (Lipinski definition) is 3. The smallest absolute Gasteiger partial charge is 0.200 e. The molecule has 1 aliphatic carbocycles. The van der Waals surface area contributed by atoms with E-state index in [9.17, 15) is 0 Å². The molecule has 1 aromatic rings. The number of rotatable bonds is 1. The van der Waals surface area contributed by atoms with Crippen molar-refractivity contribution in [3.8, 4) is 0 Å². The summed E-state index contributed by atoms with van der Waals surface area (Å²) in [5.74, 6) is 2.67. The molecule has 3 nitrogen and oxygen atoms in total. The van der Waals surface area contributed by atoms with E-state index in [1.165, 1.54) is 12.1 Å². The average Bonchev–Trinajstić information content (AvgIpc) is 2.40. The molecule has 0 bridgehead atoms. The second kappa shape index (κ2) is 2.33. The SMILES string of the molecule is C1Cc2nc(C3CNC3)oc2C1. The van der Waals surface area contributed by atoms with Gasteiger partial charge >= 0.3 is 0 Å². The van der Waals surface area contributed by atoms with Crippen molar-refractivity contribution < 1.29 is 4.42 Å². The number of fused-ring (bicyclic) bond motifs is 1. The topological polar surface area (TPSA) is 38.1 Å². The molecule has 0 amide bonds. The van der Waals surface area contributed by atoms with E-state index in [4.69, 9.17) is 4.42 Å². The first kappa shape index (κ1) is 6.66. The first-order chi connectivity index (χ1) is 5.93. The molecule has 1 saturated heterocycles. The van der Waals surface area contributed by atoms with Crippen molar-refractivity contribution in [1.29, 1.82) is 0 Å². The van der Waals surface area contributed by atoms with Gasteiger partial charge in [-0.05, 0) is 12.8 Å². The normalized spacial score (nSPS) is 22.3. The summed E-state index contributed by atoms with van der Waals surface area (Å²) in [7, 11) is 0. The highest BCUT2D eigenvalue weighted by atomic mass is 16.4. The van der Waals surface area contributed by atoms with Gasteiger partial charge in [-0.2, -0.15) is 0 Å². The van der Waals surface area contributed by atoms with Crippen molar-refractivity contribution in [2.75, 3.05) is 13.1 Å². The summed E-state index contributed by atoms with van der Waals surface area (Å²) < 4.78 is 5.68. The molecule has 0 aromatic carbocycles. The van der Waals surface area contributed by atoms with E-state index in [0.717, 1.165) is 37.6 Å². The highest BCUT2D eigenvalue weighted by Crippen LogP contribution is 2.27. The number of oxazole rings is 1. The minimum atomic E-state index is 0.551. The zero-order chi connectivity index (χ0) is 7.97. The average molecular weight is 164 g/mol. The fourth-order valence-corrected chi connectivity index (χ4v) is 1.85. The molecule has 0 saturated carbocycles. The van der Waals surface area contributed by atoms with E-state index in [1.807, 2.05) is 0 Å². The molecule has 1 aromatic heterocycles. The molecule has 3 heteroatoms. The van der Waals surface area contributed by atoms with E-state index in [-0.39, 0.29) is 0 Å². The van der Waals surface area contributed by atoms with Crippen LogP contribution in [0.1, 0.15) is 29.7 Å². The Bertz CT molecular complexity index is 280. The van der Waals surface area contributed by atoms with Crippen molar-refractivity contribution in [2.24, 2.45) is 0 Å². The Kier molecular flexibility index (Phi) is 1.29. The zero-order valence-corrected chi connectivity index (χ0v) is 6.97. The highest BCUT2D eigenvalue weighted by Gasteiger charge is 2.27. The van der Waals surface area contributed by atoms with E-state index in [2.05, 4.69) is 10.3 Å². The fourth-order valence-electron chi connectivity index (χ4n) is 1.85. The molecule has 3 rings (SSSR count).